The van der Waals surface area contributed by atoms with Crippen LogP contribution < -0.4 is 4.90 Å². The Morgan fingerprint density at radius 2 is 1.96 bits per heavy atom. The lowest BCUT2D eigenvalue weighted by molar-refractivity contribution is -0.113. The Bertz CT molecular complexity index is 997. The minimum atomic E-state index is -0.347. The third kappa shape index (κ3) is 2.86. The summed E-state index contributed by atoms with van der Waals surface area (Å²) in [5, 5.41) is 1.03. The van der Waals surface area contributed by atoms with Gasteiger partial charge in [0.1, 0.15) is 29.9 Å². The predicted octanol–water partition coefficient (Wildman–Crippen LogP) is 3.08. The molecule has 1 saturated carbocycles. The number of aldehydes is 1. The molecule has 5 rings (SSSR count). The first kappa shape index (κ1) is 17.3. The van der Waals surface area contributed by atoms with Crippen LogP contribution in [0.25, 0.3) is 11.0 Å². The van der Waals surface area contributed by atoms with Crippen molar-refractivity contribution >= 4 is 23.1 Å². The zero-order valence-corrected chi connectivity index (χ0v) is 15.5. The summed E-state index contributed by atoms with van der Waals surface area (Å²) in [7, 11) is 0. The Morgan fingerprint density at radius 3 is 2.71 bits per heavy atom. The predicted molar refractivity (Wildman–Crippen MR) is 105 cm³/mol. The summed E-state index contributed by atoms with van der Waals surface area (Å²) in [6, 6.07) is 7.97. The number of rotatable bonds is 4. The maximum absolute atomic E-state index is 13.3. The van der Waals surface area contributed by atoms with E-state index in [1.165, 1.54) is 12.1 Å². The molecule has 7 heteroatoms. The van der Waals surface area contributed by atoms with Gasteiger partial charge in [0.05, 0.1) is 11.4 Å². The van der Waals surface area contributed by atoms with E-state index in [2.05, 4.69) is 24.8 Å². The summed E-state index contributed by atoms with van der Waals surface area (Å²) in [6.07, 6.45) is 7.52. The number of hydrogen-bond acceptors (Lipinski definition) is 5. The lowest BCUT2D eigenvalue weighted by atomic mass is 10.0. The molecule has 1 saturated heterocycles. The summed E-state index contributed by atoms with van der Waals surface area (Å²) in [4.78, 5) is 28.7. The minimum Gasteiger partial charge on any atom is -0.354 e. The van der Waals surface area contributed by atoms with Gasteiger partial charge in [0, 0.05) is 31.4 Å². The van der Waals surface area contributed by atoms with Gasteiger partial charge < -0.3 is 14.7 Å². The smallest absolute Gasteiger partial charge is 0.142 e. The van der Waals surface area contributed by atoms with Gasteiger partial charge in [0.25, 0.3) is 0 Å². The number of carbonyl (C=O) groups excluding carboxylic acids is 1. The van der Waals surface area contributed by atoms with Gasteiger partial charge >= 0.3 is 0 Å². The molecule has 0 amide bonds. The number of fused-ring (bicyclic) bond motifs is 1. The molecule has 0 bridgehead atoms. The Hall–Kier alpha value is -2.80. The van der Waals surface area contributed by atoms with Gasteiger partial charge in [-0.2, -0.15) is 0 Å². The van der Waals surface area contributed by atoms with Crippen molar-refractivity contribution in [1.29, 1.82) is 0 Å². The molecule has 2 fully saturated rings. The van der Waals surface area contributed by atoms with Crippen LogP contribution in [0.3, 0.4) is 0 Å². The number of aromatic nitrogens is 3. The zero-order valence-electron chi connectivity index (χ0n) is 15.5. The summed E-state index contributed by atoms with van der Waals surface area (Å²) in [6.45, 7) is 2.54. The van der Waals surface area contributed by atoms with E-state index >= 15 is 0 Å². The molecule has 28 heavy (non-hydrogen) atoms. The van der Waals surface area contributed by atoms with Crippen molar-refractivity contribution in [2.75, 3.05) is 24.5 Å². The molecule has 1 N–H and O–H groups in total. The van der Waals surface area contributed by atoms with Gasteiger partial charge in [-0.25, -0.2) is 14.4 Å². The van der Waals surface area contributed by atoms with E-state index in [9.17, 15) is 9.18 Å². The SMILES string of the molecule is O=CC(c1ccc(F)cc1)N1CCCN(c2ncnc3[nH]ccc23)CC12CC2. The standard InChI is InChI=1S/C21H22FN5O/c22-16-4-2-15(3-5-16)18(12-28)27-11-1-10-26(13-21(27)7-8-21)20-17-6-9-23-19(17)24-14-25-20/h2-6,9,12,14,18H,1,7-8,10-11,13H2,(H,23,24,25). The Morgan fingerprint density at radius 1 is 1.14 bits per heavy atom. The van der Waals surface area contributed by atoms with E-state index in [-0.39, 0.29) is 17.4 Å². The highest BCUT2D eigenvalue weighted by atomic mass is 19.1. The number of nitrogens with one attached hydrogen (secondary N) is 1. The molecule has 1 aliphatic carbocycles. The van der Waals surface area contributed by atoms with Crippen LogP contribution in [0.1, 0.15) is 30.9 Å². The van der Waals surface area contributed by atoms with E-state index in [0.717, 1.165) is 67.6 Å². The maximum Gasteiger partial charge on any atom is 0.142 e. The average molecular weight is 379 g/mol. The van der Waals surface area contributed by atoms with Gasteiger partial charge in [-0.3, -0.25) is 4.90 Å². The molecule has 1 unspecified atom stereocenters. The molecule has 2 aliphatic rings. The molecular weight excluding hydrogens is 357 g/mol. The molecule has 6 nitrogen and oxygen atoms in total. The molecule has 144 valence electrons. The van der Waals surface area contributed by atoms with Gasteiger partial charge in [-0.15, -0.1) is 0 Å². The van der Waals surface area contributed by atoms with Crippen molar-refractivity contribution in [3.63, 3.8) is 0 Å². The summed E-state index contributed by atoms with van der Waals surface area (Å²) >= 11 is 0. The quantitative estimate of drug-likeness (QED) is 0.706. The first-order chi connectivity index (χ1) is 13.7. The monoisotopic (exact) mass is 379 g/mol. The summed E-state index contributed by atoms with van der Waals surface area (Å²) < 4.78 is 13.3. The first-order valence-electron chi connectivity index (χ1n) is 9.71. The second-order valence-corrected chi connectivity index (χ2v) is 7.76. The third-order valence-electron chi connectivity index (χ3n) is 6.06. The second kappa shape index (κ2) is 6.67. The van der Waals surface area contributed by atoms with E-state index in [1.54, 1.807) is 18.5 Å². The number of benzene rings is 1. The molecule has 1 aliphatic heterocycles. The van der Waals surface area contributed by atoms with Gasteiger partial charge in [0.2, 0.25) is 0 Å². The molecule has 3 heterocycles. The van der Waals surface area contributed by atoms with Crippen LogP contribution in [0.4, 0.5) is 10.2 Å². The zero-order chi connectivity index (χ0) is 19.1. The fourth-order valence-electron chi connectivity index (χ4n) is 4.50. The van der Waals surface area contributed by atoms with E-state index in [4.69, 9.17) is 0 Å². The highest BCUT2D eigenvalue weighted by Crippen LogP contribution is 2.48. The highest BCUT2D eigenvalue weighted by molar-refractivity contribution is 5.87. The molecule has 3 aromatic rings. The molecule has 0 radical (unpaired) electrons. The lowest BCUT2D eigenvalue weighted by Crippen LogP contribution is -2.46. The molecule has 1 atom stereocenters. The van der Waals surface area contributed by atoms with Crippen molar-refractivity contribution in [1.82, 2.24) is 19.9 Å². The fraction of sp³-hybridized carbons (Fsp3) is 0.381. The van der Waals surface area contributed by atoms with Crippen LogP contribution in [0.5, 0.6) is 0 Å². The van der Waals surface area contributed by atoms with Crippen molar-refractivity contribution in [2.24, 2.45) is 0 Å². The summed E-state index contributed by atoms with van der Waals surface area (Å²) in [5.74, 6) is 0.666. The molecular formula is C21H22FN5O. The van der Waals surface area contributed by atoms with Gasteiger partial charge in [0.15, 0.2) is 0 Å². The van der Waals surface area contributed by atoms with E-state index in [1.807, 2.05) is 12.3 Å². The Balaban J connectivity index is 1.46. The van der Waals surface area contributed by atoms with Gasteiger partial charge in [-0.1, -0.05) is 12.1 Å². The lowest BCUT2D eigenvalue weighted by Gasteiger charge is -2.36. The van der Waals surface area contributed by atoms with Crippen LogP contribution in [0, 0.1) is 5.82 Å². The van der Waals surface area contributed by atoms with Crippen molar-refractivity contribution in [2.45, 2.75) is 30.8 Å². The highest BCUT2D eigenvalue weighted by Gasteiger charge is 2.52. The second-order valence-electron chi connectivity index (χ2n) is 7.76. The first-order valence-corrected chi connectivity index (χ1v) is 9.71. The third-order valence-corrected chi connectivity index (χ3v) is 6.06. The average Bonchev–Trinajstić information content (AvgIpc) is 3.37. The molecule has 1 aromatic carbocycles. The fourth-order valence-corrected chi connectivity index (χ4v) is 4.50. The number of aromatic amines is 1. The van der Waals surface area contributed by atoms with Crippen molar-refractivity contribution < 1.29 is 9.18 Å². The van der Waals surface area contributed by atoms with Crippen LogP contribution in [0.2, 0.25) is 0 Å². The Labute approximate surface area is 162 Å². The topological polar surface area (TPSA) is 65.1 Å². The number of H-pyrrole nitrogens is 1. The van der Waals surface area contributed by atoms with Gasteiger partial charge in [-0.05, 0) is 43.0 Å². The number of hydrogen-bond donors (Lipinski definition) is 1. The van der Waals surface area contributed by atoms with E-state index < -0.39 is 0 Å². The van der Waals surface area contributed by atoms with Crippen LogP contribution in [-0.2, 0) is 4.79 Å². The summed E-state index contributed by atoms with van der Waals surface area (Å²) in [5.41, 5.74) is 1.66. The number of nitrogens with zero attached hydrogens (tertiary/aromatic N) is 4. The molecule has 2 aromatic heterocycles. The normalized spacial score (nSPS) is 20.2. The Kier molecular flexibility index (Phi) is 4.12. The maximum atomic E-state index is 13.3. The number of anilines is 1. The number of halogens is 1. The van der Waals surface area contributed by atoms with Crippen molar-refractivity contribution in [3.05, 3.63) is 54.2 Å². The number of carbonyl (C=O) groups is 1. The molecule has 1 spiro atoms. The van der Waals surface area contributed by atoms with Crippen LogP contribution in [0.15, 0.2) is 42.9 Å². The minimum absolute atomic E-state index is 0.0377. The van der Waals surface area contributed by atoms with Crippen LogP contribution in [-0.4, -0.2) is 51.3 Å². The van der Waals surface area contributed by atoms with E-state index in [0.29, 0.717) is 0 Å². The largest absolute Gasteiger partial charge is 0.354 e. The van der Waals surface area contributed by atoms with Crippen molar-refractivity contribution in [3.8, 4) is 0 Å². The van der Waals surface area contributed by atoms with Crippen LogP contribution >= 0.6 is 0 Å².